The van der Waals surface area contributed by atoms with Crippen LogP contribution in [0.15, 0.2) is 83.8 Å². The van der Waals surface area contributed by atoms with Gasteiger partial charge in [0, 0.05) is 13.1 Å². The molecule has 0 aliphatic carbocycles. The van der Waals surface area contributed by atoms with Crippen molar-refractivity contribution in [2.24, 2.45) is 0 Å². The minimum absolute atomic E-state index is 0.0875. The van der Waals surface area contributed by atoms with Crippen LogP contribution in [0.4, 0.5) is 11.4 Å². The Morgan fingerprint density at radius 1 is 0.800 bits per heavy atom. The summed E-state index contributed by atoms with van der Waals surface area (Å²) in [4.78, 5) is 27.8. The van der Waals surface area contributed by atoms with Crippen molar-refractivity contribution < 1.29 is 18.0 Å². The van der Waals surface area contributed by atoms with Crippen molar-refractivity contribution in [2.45, 2.75) is 32.1 Å². The number of hydrogen-bond acceptors (Lipinski definition) is 4. The zero-order valence-corrected chi connectivity index (χ0v) is 21.1. The maximum atomic E-state index is 13.5. The summed E-state index contributed by atoms with van der Waals surface area (Å²) in [5.41, 5.74) is 2.13. The van der Waals surface area contributed by atoms with Crippen LogP contribution in [0.25, 0.3) is 0 Å². The van der Waals surface area contributed by atoms with Gasteiger partial charge in [-0.2, -0.15) is 0 Å². The molecule has 0 unspecified atom stereocenters. The summed E-state index contributed by atoms with van der Waals surface area (Å²) < 4.78 is 28.1. The number of aryl methyl sites for hydroxylation is 1. The number of anilines is 2. The second-order valence-electron chi connectivity index (χ2n) is 7.92. The van der Waals surface area contributed by atoms with Gasteiger partial charge in [-0.3, -0.25) is 13.9 Å². The number of hydrogen-bond donors (Lipinski definition) is 1. The molecular weight excluding hydrogens is 462 g/mol. The Morgan fingerprint density at radius 3 is 2.00 bits per heavy atom. The van der Waals surface area contributed by atoms with Gasteiger partial charge in [-0.25, -0.2) is 8.42 Å². The number of carbonyl (C=O) groups excluding carboxylic acids is 2. The van der Waals surface area contributed by atoms with Gasteiger partial charge in [0.15, 0.2) is 0 Å². The standard InChI is InChI=1S/C27H31N3O4S/c1-4-21-16-18-22(19-17-21)30(35(33,34)23-12-8-7-9-13-23)20-26(31)28-25-15-11-10-14-24(25)27(32)29(5-2)6-3/h7-19H,4-6,20H2,1-3H3,(H,28,31). The highest BCUT2D eigenvalue weighted by Crippen LogP contribution is 2.25. The SMILES string of the molecule is CCc1ccc(N(CC(=O)Nc2ccccc2C(=O)N(CC)CC)S(=O)(=O)c2ccccc2)cc1. The van der Waals surface area contributed by atoms with Gasteiger partial charge in [0.25, 0.3) is 15.9 Å². The van der Waals surface area contributed by atoms with E-state index in [1.54, 1.807) is 59.5 Å². The summed E-state index contributed by atoms with van der Waals surface area (Å²) in [6.45, 7) is 6.41. The maximum Gasteiger partial charge on any atom is 0.264 e. The van der Waals surface area contributed by atoms with E-state index in [1.165, 1.54) is 12.1 Å². The number of amides is 2. The number of sulfonamides is 1. The lowest BCUT2D eigenvalue weighted by atomic mass is 10.1. The second-order valence-corrected chi connectivity index (χ2v) is 9.78. The first kappa shape index (κ1) is 26.0. The molecule has 3 aromatic rings. The van der Waals surface area contributed by atoms with Gasteiger partial charge < -0.3 is 10.2 Å². The first-order chi connectivity index (χ1) is 16.8. The lowest BCUT2D eigenvalue weighted by molar-refractivity contribution is -0.114. The first-order valence-corrected chi connectivity index (χ1v) is 13.1. The number of nitrogens with one attached hydrogen (secondary N) is 1. The molecule has 0 fully saturated rings. The molecule has 184 valence electrons. The van der Waals surface area contributed by atoms with Crippen molar-refractivity contribution in [3.63, 3.8) is 0 Å². The van der Waals surface area contributed by atoms with E-state index in [9.17, 15) is 18.0 Å². The minimum Gasteiger partial charge on any atom is -0.339 e. The van der Waals surface area contributed by atoms with Gasteiger partial charge in [0.2, 0.25) is 5.91 Å². The lowest BCUT2D eigenvalue weighted by Crippen LogP contribution is -2.38. The van der Waals surface area contributed by atoms with Gasteiger partial charge in [-0.05, 0) is 62.2 Å². The third kappa shape index (κ3) is 6.08. The Labute approximate surface area is 207 Å². The summed E-state index contributed by atoms with van der Waals surface area (Å²) in [5.74, 6) is -0.751. The summed E-state index contributed by atoms with van der Waals surface area (Å²) in [6.07, 6.45) is 0.809. The summed E-state index contributed by atoms with van der Waals surface area (Å²) >= 11 is 0. The summed E-state index contributed by atoms with van der Waals surface area (Å²) in [7, 11) is -4.01. The topological polar surface area (TPSA) is 86.8 Å². The molecule has 3 aromatic carbocycles. The number of carbonyl (C=O) groups is 2. The predicted molar refractivity (Wildman–Crippen MR) is 139 cm³/mol. The normalized spacial score (nSPS) is 11.1. The van der Waals surface area contributed by atoms with E-state index in [0.717, 1.165) is 16.3 Å². The molecule has 0 saturated heterocycles. The smallest absolute Gasteiger partial charge is 0.264 e. The second kappa shape index (κ2) is 11.7. The van der Waals surface area contributed by atoms with Gasteiger partial charge in [0.05, 0.1) is 21.8 Å². The first-order valence-electron chi connectivity index (χ1n) is 11.7. The Balaban J connectivity index is 1.93. The molecular formula is C27H31N3O4S. The molecule has 1 N–H and O–H groups in total. The van der Waals surface area contributed by atoms with Gasteiger partial charge in [0.1, 0.15) is 6.54 Å². The highest BCUT2D eigenvalue weighted by atomic mass is 32.2. The average molecular weight is 494 g/mol. The van der Waals surface area contributed by atoms with Crippen LogP contribution in [0, 0.1) is 0 Å². The molecule has 0 aliphatic rings. The predicted octanol–water partition coefficient (Wildman–Crippen LogP) is 4.57. The number of rotatable bonds is 10. The largest absolute Gasteiger partial charge is 0.339 e. The molecule has 3 rings (SSSR count). The molecule has 0 spiro atoms. The van der Waals surface area contributed by atoms with Crippen LogP contribution >= 0.6 is 0 Å². The minimum atomic E-state index is -4.01. The average Bonchev–Trinajstić information content (AvgIpc) is 2.88. The maximum absolute atomic E-state index is 13.5. The Kier molecular flexibility index (Phi) is 8.65. The van der Waals surface area contributed by atoms with Crippen LogP contribution in [0.1, 0.15) is 36.7 Å². The van der Waals surface area contributed by atoms with E-state index < -0.39 is 22.5 Å². The molecule has 0 radical (unpaired) electrons. The van der Waals surface area contributed by atoms with Crippen molar-refractivity contribution >= 4 is 33.2 Å². The highest BCUT2D eigenvalue weighted by Gasteiger charge is 2.28. The van der Waals surface area contributed by atoms with Crippen molar-refractivity contribution in [3.8, 4) is 0 Å². The number of benzene rings is 3. The fraction of sp³-hybridized carbons (Fsp3) is 0.259. The van der Waals surface area contributed by atoms with Crippen molar-refractivity contribution in [1.82, 2.24) is 4.90 Å². The molecule has 0 bridgehead atoms. The summed E-state index contributed by atoms with van der Waals surface area (Å²) in [6, 6.07) is 21.8. The fourth-order valence-electron chi connectivity index (χ4n) is 3.71. The van der Waals surface area contributed by atoms with Crippen LogP contribution in [0.2, 0.25) is 0 Å². The van der Waals surface area contributed by atoms with Gasteiger partial charge >= 0.3 is 0 Å². The van der Waals surface area contributed by atoms with Crippen LogP contribution in [-0.4, -0.2) is 44.8 Å². The monoisotopic (exact) mass is 493 g/mol. The van der Waals surface area contributed by atoms with Gasteiger partial charge in [-0.15, -0.1) is 0 Å². The fourth-order valence-corrected chi connectivity index (χ4v) is 5.15. The van der Waals surface area contributed by atoms with Crippen LogP contribution < -0.4 is 9.62 Å². The highest BCUT2D eigenvalue weighted by molar-refractivity contribution is 7.92. The van der Waals surface area contributed by atoms with Crippen molar-refractivity contribution in [1.29, 1.82) is 0 Å². The molecule has 0 heterocycles. The molecule has 8 heteroatoms. The van der Waals surface area contributed by atoms with Crippen LogP contribution in [0.5, 0.6) is 0 Å². The Bertz CT molecular complexity index is 1260. The van der Waals surface area contributed by atoms with Crippen LogP contribution in [-0.2, 0) is 21.2 Å². The Hall–Kier alpha value is -3.65. The number of para-hydroxylation sites is 1. The molecule has 0 aromatic heterocycles. The summed E-state index contributed by atoms with van der Waals surface area (Å²) in [5, 5.41) is 2.75. The van der Waals surface area contributed by atoms with Gasteiger partial charge in [-0.1, -0.05) is 49.4 Å². The zero-order valence-electron chi connectivity index (χ0n) is 20.3. The third-order valence-electron chi connectivity index (χ3n) is 5.73. The zero-order chi connectivity index (χ0) is 25.4. The van der Waals surface area contributed by atoms with Crippen LogP contribution in [0.3, 0.4) is 0 Å². The lowest BCUT2D eigenvalue weighted by Gasteiger charge is -2.25. The van der Waals surface area contributed by atoms with E-state index in [0.29, 0.717) is 30.0 Å². The molecule has 35 heavy (non-hydrogen) atoms. The molecule has 0 atom stereocenters. The molecule has 0 aliphatic heterocycles. The molecule has 7 nitrogen and oxygen atoms in total. The van der Waals surface area contributed by atoms with E-state index >= 15 is 0 Å². The van der Waals surface area contributed by atoms with E-state index in [2.05, 4.69) is 5.32 Å². The molecule has 0 saturated carbocycles. The van der Waals surface area contributed by atoms with E-state index in [1.807, 2.05) is 32.9 Å². The van der Waals surface area contributed by atoms with Crippen molar-refractivity contribution in [2.75, 3.05) is 29.3 Å². The van der Waals surface area contributed by atoms with Crippen molar-refractivity contribution in [3.05, 3.63) is 90.0 Å². The quantitative estimate of drug-likeness (QED) is 0.448. The van der Waals surface area contributed by atoms with E-state index in [-0.39, 0.29) is 10.8 Å². The van der Waals surface area contributed by atoms with E-state index in [4.69, 9.17) is 0 Å². The molecule has 2 amide bonds. The number of nitrogens with zero attached hydrogens (tertiary/aromatic N) is 2. The third-order valence-corrected chi connectivity index (χ3v) is 7.52. The Morgan fingerprint density at radius 2 is 1.40 bits per heavy atom.